The van der Waals surface area contributed by atoms with Crippen LogP contribution in [-0.4, -0.2) is 45.9 Å². The van der Waals surface area contributed by atoms with Gasteiger partial charge in [-0.15, -0.1) is 0 Å². The lowest BCUT2D eigenvalue weighted by molar-refractivity contribution is -0.114. The quantitative estimate of drug-likeness (QED) is 0.695. The first kappa shape index (κ1) is 21.6. The van der Waals surface area contributed by atoms with Gasteiger partial charge in [-0.3, -0.25) is 4.79 Å². The van der Waals surface area contributed by atoms with Gasteiger partial charge in [0.25, 0.3) is 0 Å². The van der Waals surface area contributed by atoms with E-state index < -0.39 is 27.6 Å². The Morgan fingerprint density at radius 3 is 2.29 bits per heavy atom. The minimum atomic E-state index is -3.76. The van der Waals surface area contributed by atoms with Crippen LogP contribution in [0, 0.1) is 11.6 Å². The lowest BCUT2D eigenvalue weighted by atomic mass is 10.3. The van der Waals surface area contributed by atoms with Crippen LogP contribution in [0.15, 0.2) is 41.3 Å². The summed E-state index contributed by atoms with van der Waals surface area (Å²) in [6.45, 7) is 1.78. The molecule has 0 saturated heterocycles. The first-order valence-electron chi connectivity index (χ1n) is 8.32. The number of carbonyl (C=O) groups excluding carboxylic acids is 1. The highest BCUT2D eigenvalue weighted by atomic mass is 32.2. The average Bonchev–Trinajstić information content (AvgIpc) is 2.60. The van der Waals surface area contributed by atoms with Crippen LogP contribution >= 0.6 is 0 Å². The molecule has 0 saturated carbocycles. The molecule has 10 heteroatoms. The molecule has 1 amide bonds. The molecule has 152 valence electrons. The van der Waals surface area contributed by atoms with E-state index in [0.29, 0.717) is 11.8 Å². The molecule has 0 aliphatic carbocycles. The number of amides is 1. The molecule has 0 aliphatic rings. The SMILES string of the molecule is CCOc1ccc(NCC(=O)Nc2cc(F)cc(F)c2)cc1S(=O)(=O)N(C)C. The summed E-state index contributed by atoms with van der Waals surface area (Å²) in [5.41, 5.74) is 0.344. The first-order valence-corrected chi connectivity index (χ1v) is 9.76. The minimum absolute atomic E-state index is 0.0214. The van der Waals surface area contributed by atoms with Crippen LogP contribution in [0.2, 0.25) is 0 Å². The van der Waals surface area contributed by atoms with Gasteiger partial charge in [-0.25, -0.2) is 21.5 Å². The highest BCUT2D eigenvalue weighted by Gasteiger charge is 2.23. The maximum atomic E-state index is 13.2. The third-order valence-corrected chi connectivity index (χ3v) is 5.44. The number of nitrogens with zero attached hydrogens (tertiary/aromatic N) is 1. The van der Waals surface area contributed by atoms with Gasteiger partial charge < -0.3 is 15.4 Å². The molecule has 2 N–H and O–H groups in total. The fourth-order valence-corrected chi connectivity index (χ4v) is 3.36. The number of benzene rings is 2. The van der Waals surface area contributed by atoms with Crippen molar-refractivity contribution in [1.82, 2.24) is 4.31 Å². The largest absolute Gasteiger partial charge is 0.492 e. The van der Waals surface area contributed by atoms with Crippen LogP contribution in [0.5, 0.6) is 5.75 Å². The zero-order valence-corrected chi connectivity index (χ0v) is 16.4. The van der Waals surface area contributed by atoms with Crippen LogP contribution in [0.4, 0.5) is 20.2 Å². The number of halogens is 2. The molecule has 28 heavy (non-hydrogen) atoms. The highest BCUT2D eigenvalue weighted by Crippen LogP contribution is 2.29. The van der Waals surface area contributed by atoms with Crippen molar-refractivity contribution in [3.05, 3.63) is 48.0 Å². The van der Waals surface area contributed by atoms with E-state index in [-0.39, 0.29) is 29.5 Å². The van der Waals surface area contributed by atoms with E-state index in [1.54, 1.807) is 13.0 Å². The van der Waals surface area contributed by atoms with Crippen molar-refractivity contribution in [2.24, 2.45) is 0 Å². The summed E-state index contributed by atoms with van der Waals surface area (Å²) in [5, 5.41) is 5.13. The molecule has 2 aromatic carbocycles. The molecule has 0 spiro atoms. The normalized spacial score (nSPS) is 11.4. The average molecular weight is 413 g/mol. The van der Waals surface area contributed by atoms with Crippen molar-refractivity contribution in [3.8, 4) is 5.75 Å². The van der Waals surface area contributed by atoms with Crippen LogP contribution in [0.3, 0.4) is 0 Å². The van der Waals surface area contributed by atoms with Gasteiger partial charge >= 0.3 is 0 Å². The summed E-state index contributed by atoms with van der Waals surface area (Å²) in [6.07, 6.45) is 0. The molecular formula is C18H21F2N3O4S. The number of ether oxygens (including phenoxy) is 1. The molecule has 0 heterocycles. The third kappa shape index (κ3) is 5.40. The zero-order chi connectivity index (χ0) is 20.9. The Labute approximate surface area is 162 Å². The van der Waals surface area contributed by atoms with Crippen LogP contribution < -0.4 is 15.4 Å². The Bertz CT molecular complexity index is 945. The van der Waals surface area contributed by atoms with Gasteiger partial charge in [0.15, 0.2) is 0 Å². The first-order chi connectivity index (χ1) is 13.1. The van der Waals surface area contributed by atoms with Crippen LogP contribution in [-0.2, 0) is 14.8 Å². The number of rotatable bonds is 8. The van der Waals surface area contributed by atoms with Crippen molar-refractivity contribution in [3.63, 3.8) is 0 Å². The number of carbonyl (C=O) groups is 1. The second kappa shape index (κ2) is 8.98. The van der Waals surface area contributed by atoms with Crippen molar-refractivity contribution in [2.45, 2.75) is 11.8 Å². The lowest BCUT2D eigenvalue weighted by Gasteiger charge is -2.17. The van der Waals surface area contributed by atoms with E-state index in [4.69, 9.17) is 4.74 Å². The maximum absolute atomic E-state index is 13.2. The fourth-order valence-electron chi connectivity index (χ4n) is 2.30. The zero-order valence-electron chi connectivity index (χ0n) is 15.6. The summed E-state index contributed by atoms with van der Waals surface area (Å²) in [4.78, 5) is 12.0. The monoisotopic (exact) mass is 413 g/mol. The molecule has 0 atom stereocenters. The minimum Gasteiger partial charge on any atom is -0.492 e. The molecular weight excluding hydrogens is 392 g/mol. The Hall–Kier alpha value is -2.72. The van der Waals surface area contributed by atoms with Crippen molar-refractivity contribution >= 4 is 27.3 Å². The van der Waals surface area contributed by atoms with Crippen molar-refractivity contribution in [2.75, 3.05) is 37.9 Å². The Kier molecular flexibility index (Phi) is 6.92. The number of hydrogen-bond acceptors (Lipinski definition) is 5. The Morgan fingerprint density at radius 2 is 1.71 bits per heavy atom. The summed E-state index contributed by atoms with van der Waals surface area (Å²) in [5.74, 6) is -1.99. The predicted molar refractivity (Wildman–Crippen MR) is 102 cm³/mol. The maximum Gasteiger partial charge on any atom is 0.246 e. The van der Waals surface area contributed by atoms with Gasteiger partial charge in [0, 0.05) is 31.5 Å². The van der Waals surface area contributed by atoms with Crippen LogP contribution in [0.1, 0.15) is 6.92 Å². The van der Waals surface area contributed by atoms with E-state index in [1.807, 2.05) is 0 Å². The van der Waals surface area contributed by atoms with Gasteiger partial charge in [-0.05, 0) is 37.3 Å². The number of hydrogen-bond donors (Lipinski definition) is 2. The molecule has 0 bridgehead atoms. The Balaban J connectivity index is 2.14. The molecule has 0 radical (unpaired) electrons. The van der Waals surface area contributed by atoms with Gasteiger partial charge in [0.2, 0.25) is 15.9 Å². The van der Waals surface area contributed by atoms with Gasteiger partial charge in [-0.1, -0.05) is 0 Å². The van der Waals surface area contributed by atoms with Crippen LogP contribution in [0.25, 0.3) is 0 Å². The van der Waals surface area contributed by atoms with E-state index in [2.05, 4.69) is 10.6 Å². The topological polar surface area (TPSA) is 87.7 Å². The van der Waals surface area contributed by atoms with Gasteiger partial charge in [0.1, 0.15) is 22.3 Å². The van der Waals surface area contributed by atoms with E-state index in [9.17, 15) is 22.0 Å². The highest BCUT2D eigenvalue weighted by molar-refractivity contribution is 7.89. The molecule has 0 unspecified atom stereocenters. The van der Waals surface area contributed by atoms with E-state index >= 15 is 0 Å². The Morgan fingerprint density at radius 1 is 1.07 bits per heavy atom. The predicted octanol–water partition coefficient (Wildman–Crippen LogP) is 2.66. The molecule has 0 aliphatic heterocycles. The number of sulfonamides is 1. The second-order valence-corrected chi connectivity index (χ2v) is 8.06. The molecule has 2 aromatic rings. The second-order valence-electron chi connectivity index (χ2n) is 5.94. The molecule has 0 fully saturated rings. The molecule has 7 nitrogen and oxygen atoms in total. The van der Waals surface area contributed by atoms with Crippen molar-refractivity contribution < 1.29 is 26.7 Å². The fraction of sp³-hybridized carbons (Fsp3) is 0.278. The molecule has 2 rings (SSSR count). The number of nitrogens with one attached hydrogen (secondary N) is 2. The summed E-state index contributed by atoms with van der Waals surface area (Å²) in [6, 6.07) is 7.08. The summed E-state index contributed by atoms with van der Waals surface area (Å²) in [7, 11) is -0.965. The molecule has 0 aromatic heterocycles. The summed E-state index contributed by atoms with van der Waals surface area (Å²) < 4.78 is 57.8. The van der Waals surface area contributed by atoms with E-state index in [1.165, 1.54) is 26.2 Å². The smallest absolute Gasteiger partial charge is 0.246 e. The van der Waals surface area contributed by atoms with Gasteiger partial charge in [0.05, 0.1) is 13.2 Å². The summed E-state index contributed by atoms with van der Waals surface area (Å²) >= 11 is 0. The van der Waals surface area contributed by atoms with Gasteiger partial charge in [-0.2, -0.15) is 0 Å². The lowest BCUT2D eigenvalue weighted by Crippen LogP contribution is -2.24. The van der Waals surface area contributed by atoms with Crippen molar-refractivity contribution in [1.29, 1.82) is 0 Å². The number of anilines is 2. The standard InChI is InChI=1S/C18H21F2N3O4S/c1-4-27-16-6-5-14(10-17(16)28(25,26)23(2)3)21-11-18(24)22-15-8-12(19)7-13(20)9-15/h5-10,21H,4,11H2,1-3H3,(H,22,24). The van der Waals surface area contributed by atoms with E-state index in [0.717, 1.165) is 16.4 Å². The third-order valence-electron chi connectivity index (χ3n) is 3.60.